The summed E-state index contributed by atoms with van der Waals surface area (Å²) in [6.45, 7) is 2.66. The van der Waals surface area contributed by atoms with Crippen molar-refractivity contribution in [1.29, 1.82) is 0 Å². The molecular weight excluding hydrogens is 184 g/mol. The Kier molecular flexibility index (Phi) is 4.55. The number of carbonyl (C=O) groups excluding carboxylic acids is 2. The van der Waals surface area contributed by atoms with Gasteiger partial charge in [-0.15, -0.1) is 0 Å². The van der Waals surface area contributed by atoms with Crippen molar-refractivity contribution in [3.63, 3.8) is 0 Å². The molecular formula is C9H14N2O3. The lowest BCUT2D eigenvalue weighted by Gasteiger charge is -2.04. The Morgan fingerprint density at radius 3 is 2.07 bits per heavy atom. The minimum Gasteiger partial charge on any atom is -0.512 e. The number of aliphatic imine (C=N–C) groups is 1. The van der Waals surface area contributed by atoms with Gasteiger partial charge >= 0.3 is 6.03 Å². The van der Waals surface area contributed by atoms with E-state index in [4.69, 9.17) is 5.11 Å². The number of amides is 2. The Bertz CT molecular complexity index is 299. The lowest BCUT2D eigenvalue weighted by atomic mass is 10.2. The van der Waals surface area contributed by atoms with Crippen molar-refractivity contribution in [1.82, 2.24) is 4.90 Å². The van der Waals surface area contributed by atoms with Crippen LogP contribution >= 0.6 is 0 Å². The molecule has 0 aromatic carbocycles. The van der Waals surface area contributed by atoms with Crippen LogP contribution in [0, 0.1) is 0 Å². The van der Waals surface area contributed by atoms with Gasteiger partial charge < -0.3 is 10.0 Å². The van der Waals surface area contributed by atoms with Crippen molar-refractivity contribution < 1.29 is 14.7 Å². The second kappa shape index (κ2) is 5.16. The summed E-state index contributed by atoms with van der Waals surface area (Å²) in [7, 11) is 3.09. The van der Waals surface area contributed by atoms with Crippen molar-refractivity contribution in [2.24, 2.45) is 4.99 Å². The van der Waals surface area contributed by atoms with Gasteiger partial charge in [0.15, 0.2) is 5.78 Å². The molecule has 0 saturated heterocycles. The molecule has 0 bridgehead atoms. The topological polar surface area (TPSA) is 70.0 Å². The average molecular weight is 198 g/mol. The van der Waals surface area contributed by atoms with Crippen LogP contribution in [0.4, 0.5) is 4.79 Å². The van der Waals surface area contributed by atoms with Gasteiger partial charge in [0, 0.05) is 20.3 Å². The van der Waals surface area contributed by atoms with E-state index in [1.54, 1.807) is 14.1 Å². The lowest BCUT2D eigenvalue weighted by Crippen LogP contribution is -2.18. The quantitative estimate of drug-likeness (QED) is 0.411. The van der Waals surface area contributed by atoms with Crippen LogP contribution in [-0.2, 0) is 4.79 Å². The smallest absolute Gasteiger partial charge is 0.342 e. The largest absolute Gasteiger partial charge is 0.512 e. The molecule has 0 spiro atoms. The lowest BCUT2D eigenvalue weighted by molar-refractivity contribution is -0.113. The second-order valence-corrected chi connectivity index (χ2v) is 2.99. The van der Waals surface area contributed by atoms with Crippen LogP contribution in [-0.4, -0.2) is 42.1 Å². The number of hydrogen-bond donors (Lipinski definition) is 1. The molecule has 0 saturated carbocycles. The molecule has 0 aliphatic carbocycles. The van der Waals surface area contributed by atoms with E-state index in [0.29, 0.717) is 0 Å². The van der Waals surface area contributed by atoms with E-state index in [9.17, 15) is 9.59 Å². The fourth-order valence-corrected chi connectivity index (χ4v) is 0.674. The van der Waals surface area contributed by atoms with Crippen LogP contribution in [0.15, 0.2) is 16.3 Å². The highest BCUT2D eigenvalue weighted by atomic mass is 16.3. The summed E-state index contributed by atoms with van der Waals surface area (Å²) in [5.74, 6) is -0.479. The number of rotatable bonds is 2. The van der Waals surface area contributed by atoms with Gasteiger partial charge in [-0.25, -0.2) is 9.79 Å². The predicted molar refractivity (Wildman–Crippen MR) is 53.6 cm³/mol. The Balaban J connectivity index is 4.73. The highest BCUT2D eigenvalue weighted by Gasteiger charge is 2.06. The van der Waals surface area contributed by atoms with Crippen LogP contribution in [0.3, 0.4) is 0 Å². The first kappa shape index (κ1) is 12.3. The van der Waals surface area contributed by atoms with E-state index in [-0.39, 0.29) is 17.1 Å². The van der Waals surface area contributed by atoms with Crippen molar-refractivity contribution in [2.45, 2.75) is 13.8 Å². The maximum absolute atomic E-state index is 11.0. The number of nitrogens with zero attached hydrogens (tertiary/aromatic N) is 2. The van der Waals surface area contributed by atoms with Crippen LogP contribution < -0.4 is 0 Å². The maximum atomic E-state index is 11.0. The minimum absolute atomic E-state index is 0.0419. The molecule has 0 rings (SSSR count). The number of hydrogen-bond acceptors (Lipinski definition) is 3. The molecule has 0 unspecified atom stereocenters. The molecule has 5 nitrogen and oxygen atoms in total. The van der Waals surface area contributed by atoms with Gasteiger partial charge in [-0.3, -0.25) is 4.79 Å². The summed E-state index contributed by atoms with van der Waals surface area (Å²) in [5.41, 5.74) is 0.0419. The first-order chi connectivity index (χ1) is 6.36. The fraction of sp³-hybridized carbons (Fsp3) is 0.444. The third-order valence-electron chi connectivity index (χ3n) is 1.46. The predicted octanol–water partition coefficient (Wildman–Crippen LogP) is 1.16. The average Bonchev–Trinajstić information content (AvgIpc) is 2.02. The molecule has 0 aromatic heterocycles. The SMILES string of the molecule is CC(=O)C(/C=N/C(=O)N(C)C)=C(\C)O. The molecule has 2 amide bonds. The number of Topliss-reactive ketones (excluding diaryl/α,β-unsaturated/α-hetero) is 1. The number of aliphatic hydroxyl groups is 1. The first-order valence-electron chi connectivity index (χ1n) is 4.02. The van der Waals surface area contributed by atoms with Crippen molar-refractivity contribution in [3.8, 4) is 0 Å². The molecule has 0 radical (unpaired) electrons. The zero-order valence-electron chi connectivity index (χ0n) is 8.74. The van der Waals surface area contributed by atoms with Crippen molar-refractivity contribution >= 4 is 18.0 Å². The maximum Gasteiger partial charge on any atom is 0.342 e. The van der Waals surface area contributed by atoms with E-state index >= 15 is 0 Å². The van der Waals surface area contributed by atoms with E-state index in [1.165, 1.54) is 18.7 Å². The molecule has 0 aliphatic heterocycles. The molecule has 0 heterocycles. The monoisotopic (exact) mass is 198 g/mol. The molecule has 78 valence electrons. The highest BCUT2D eigenvalue weighted by molar-refractivity contribution is 6.14. The molecule has 5 heteroatoms. The first-order valence-corrected chi connectivity index (χ1v) is 4.02. The second-order valence-electron chi connectivity index (χ2n) is 2.99. The van der Waals surface area contributed by atoms with Crippen molar-refractivity contribution in [2.75, 3.05) is 14.1 Å². The Morgan fingerprint density at radius 1 is 1.29 bits per heavy atom. The number of allylic oxidation sites excluding steroid dienone is 2. The van der Waals surface area contributed by atoms with Gasteiger partial charge in [0.2, 0.25) is 0 Å². The van der Waals surface area contributed by atoms with Gasteiger partial charge in [-0.05, 0) is 13.8 Å². The van der Waals surface area contributed by atoms with Crippen LogP contribution in [0.5, 0.6) is 0 Å². The zero-order valence-corrected chi connectivity index (χ0v) is 8.74. The van der Waals surface area contributed by atoms with Gasteiger partial charge in [-0.2, -0.15) is 0 Å². The number of carbonyl (C=O) groups is 2. The third-order valence-corrected chi connectivity index (χ3v) is 1.46. The number of aliphatic hydroxyl groups excluding tert-OH is 1. The van der Waals surface area contributed by atoms with Gasteiger partial charge in [-0.1, -0.05) is 0 Å². The summed E-state index contributed by atoms with van der Waals surface area (Å²) in [4.78, 5) is 26.7. The van der Waals surface area contributed by atoms with E-state index < -0.39 is 6.03 Å². The Hall–Kier alpha value is -1.65. The molecule has 0 fully saturated rings. The summed E-state index contributed by atoms with van der Waals surface area (Å²) in [5, 5.41) is 9.08. The van der Waals surface area contributed by atoms with Crippen molar-refractivity contribution in [3.05, 3.63) is 11.3 Å². The van der Waals surface area contributed by atoms with Crippen LogP contribution in [0.2, 0.25) is 0 Å². The molecule has 1 N–H and O–H groups in total. The normalized spacial score (nSPS) is 12.6. The van der Waals surface area contributed by atoms with Crippen LogP contribution in [0.25, 0.3) is 0 Å². The van der Waals surface area contributed by atoms with Gasteiger partial charge in [0.05, 0.1) is 5.57 Å². The highest BCUT2D eigenvalue weighted by Crippen LogP contribution is 1.99. The standard InChI is InChI=1S/C9H14N2O3/c1-6(12)8(7(2)13)5-10-9(14)11(3)4/h5,12H,1-4H3/b8-6+,10-5+. The fourth-order valence-electron chi connectivity index (χ4n) is 0.674. The van der Waals surface area contributed by atoms with Gasteiger partial charge in [0.25, 0.3) is 0 Å². The number of ketones is 1. The van der Waals surface area contributed by atoms with E-state index in [1.807, 2.05) is 0 Å². The zero-order chi connectivity index (χ0) is 11.3. The van der Waals surface area contributed by atoms with E-state index in [0.717, 1.165) is 6.21 Å². The Labute approximate surface area is 82.7 Å². The number of urea groups is 1. The van der Waals surface area contributed by atoms with Gasteiger partial charge in [0.1, 0.15) is 5.76 Å². The summed E-state index contributed by atoms with van der Waals surface area (Å²) >= 11 is 0. The molecule has 0 atom stereocenters. The molecule has 0 aliphatic rings. The third kappa shape index (κ3) is 3.84. The minimum atomic E-state index is -0.481. The summed E-state index contributed by atoms with van der Waals surface area (Å²) < 4.78 is 0. The van der Waals surface area contributed by atoms with E-state index in [2.05, 4.69) is 4.99 Å². The Morgan fingerprint density at radius 2 is 1.79 bits per heavy atom. The summed E-state index contributed by atoms with van der Waals surface area (Å²) in [6.07, 6.45) is 1.07. The molecule has 14 heavy (non-hydrogen) atoms. The molecule has 0 aromatic rings. The van der Waals surface area contributed by atoms with Crippen LogP contribution in [0.1, 0.15) is 13.8 Å². The summed E-state index contributed by atoms with van der Waals surface area (Å²) in [6, 6.07) is -0.481.